The molecule has 1 saturated carbocycles. The molecule has 10 heteroatoms. The monoisotopic (exact) mass is 390 g/mol. The highest BCUT2D eigenvalue weighted by molar-refractivity contribution is 5.75. The molecule has 0 saturated heterocycles. The summed E-state index contributed by atoms with van der Waals surface area (Å²) in [4.78, 5) is 23.1. The van der Waals surface area contributed by atoms with E-state index in [0.717, 1.165) is 6.07 Å². The van der Waals surface area contributed by atoms with E-state index in [1.165, 1.54) is 18.2 Å². The van der Waals surface area contributed by atoms with Crippen LogP contribution in [0.3, 0.4) is 0 Å². The first kappa shape index (κ1) is 20.8. The van der Waals surface area contributed by atoms with Crippen molar-refractivity contribution in [3.63, 3.8) is 0 Å². The molecule has 0 radical (unpaired) electrons. The molecular weight excluding hydrogens is 369 g/mol. The van der Waals surface area contributed by atoms with Crippen LogP contribution in [0, 0.1) is 5.92 Å². The summed E-state index contributed by atoms with van der Waals surface area (Å²) >= 11 is 0. The van der Waals surface area contributed by atoms with Crippen molar-refractivity contribution in [2.45, 2.75) is 44.1 Å². The number of aliphatic hydroxyl groups excluding tert-OH is 1. The number of carbonyl (C=O) groups excluding carboxylic acids is 1. The molecule has 2 amide bonds. The van der Waals surface area contributed by atoms with Gasteiger partial charge in [-0.25, -0.2) is 4.79 Å². The van der Waals surface area contributed by atoms with Crippen molar-refractivity contribution in [3.8, 4) is 5.75 Å². The number of aliphatic hydroxyl groups is 1. The molecule has 1 unspecified atom stereocenters. The molecule has 0 spiro atoms. The lowest BCUT2D eigenvalue weighted by molar-refractivity contribution is -0.275. The van der Waals surface area contributed by atoms with Crippen molar-refractivity contribution >= 4 is 12.0 Å². The number of ether oxygens (including phenoxy) is 1. The number of aliphatic carboxylic acids is 1. The zero-order valence-electron chi connectivity index (χ0n) is 14.3. The van der Waals surface area contributed by atoms with Crippen molar-refractivity contribution in [1.29, 1.82) is 0 Å². The van der Waals surface area contributed by atoms with Crippen LogP contribution in [0.1, 0.15) is 37.3 Å². The van der Waals surface area contributed by atoms with Crippen molar-refractivity contribution < 1.29 is 37.7 Å². The highest BCUT2D eigenvalue weighted by Crippen LogP contribution is 2.30. The molecule has 1 fully saturated rings. The third-order valence-corrected chi connectivity index (χ3v) is 4.42. The number of halogens is 3. The maximum atomic E-state index is 12.5. The second-order valence-corrected chi connectivity index (χ2v) is 6.33. The number of alkyl halides is 3. The quantitative estimate of drug-likeness (QED) is 0.597. The molecule has 0 bridgehead atoms. The molecule has 1 atom stereocenters. The van der Waals surface area contributed by atoms with Gasteiger partial charge in [0.15, 0.2) is 0 Å². The average molecular weight is 390 g/mol. The molecular formula is C17H21F3N2O5. The number of urea groups is 1. The predicted octanol–water partition coefficient (Wildman–Crippen LogP) is 2.56. The minimum absolute atomic E-state index is 0.0120. The van der Waals surface area contributed by atoms with Crippen molar-refractivity contribution in [3.05, 3.63) is 29.8 Å². The number of carboxylic acids is 1. The third-order valence-electron chi connectivity index (χ3n) is 4.42. The molecule has 1 aliphatic rings. The molecule has 27 heavy (non-hydrogen) atoms. The van der Waals surface area contributed by atoms with Crippen LogP contribution in [0.15, 0.2) is 24.3 Å². The largest absolute Gasteiger partial charge is 0.573 e. The van der Waals surface area contributed by atoms with E-state index in [-0.39, 0.29) is 11.6 Å². The van der Waals surface area contributed by atoms with Gasteiger partial charge >= 0.3 is 18.4 Å². The summed E-state index contributed by atoms with van der Waals surface area (Å²) in [5.41, 5.74) is -0.0120. The minimum Gasteiger partial charge on any atom is -0.481 e. The van der Waals surface area contributed by atoms with E-state index in [1.807, 2.05) is 0 Å². The second-order valence-electron chi connectivity index (χ2n) is 6.33. The Morgan fingerprint density at radius 1 is 1.19 bits per heavy atom. The second kappa shape index (κ2) is 8.94. The molecule has 4 N–H and O–H groups in total. The van der Waals surface area contributed by atoms with E-state index in [9.17, 15) is 27.9 Å². The molecule has 2 rings (SSSR count). The zero-order valence-corrected chi connectivity index (χ0v) is 14.3. The number of hydrogen-bond donors (Lipinski definition) is 4. The SMILES string of the molecule is O=C(NC1CCC(C(=O)O)CC1)NC(CO)c1ccccc1OC(F)(F)F. The number of hydrogen-bond acceptors (Lipinski definition) is 4. The van der Waals surface area contributed by atoms with Crippen LogP contribution < -0.4 is 15.4 Å². The summed E-state index contributed by atoms with van der Waals surface area (Å²) in [6.45, 7) is -0.628. The summed E-state index contributed by atoms with van der Waals surface area (Å²) in [5, 5.41) is 23.6. The van der Waals surface area contributed by atoms with E-state index in [0.29, 0.717) is 25.7 Å². The molecule has 1 aliphatic carbocycles. The van der Waals surface area contributed by atoms with Crippen LogP contribution >= 0.6 is 0 Å². The van der Waals surface area contributed by atoms with Gasteiger partial charge in [0.25, 0.3) is 0 Å². The number of carboxylic acid groups (broad SMARTS) is 1. The van der Waals surface area contributed by atoms with Gasteiger partial charge in [0.1, 0.15) is 5.75 Å². The van der Waals surface area contributed by atoms with Crippen LogP contribution in [0.2, 0.25) is 0 Å². The number of carbonyl (C=O) groups is 2. The van der Waals surface area contributed by atoms with Gasteiger partial charge in [-0.2, -0.15) is 0 Å². The van der Waals surface area contributed by atoms with E-state index in [2.05, 4.69) is 15.4 Å². The smallest absolute Gasteiger partial charge is 0.481 e. The maximum absolute atomic E-state index is 12.5. The first-order valence-electron chi connectivity index (χ1n) is 8.45. The van der Waals surface area contributed by atoms with E-state index in [4.69, 9.17) is 5.11 Å². The lowest BCUT2D eigenvalue weighted by Gasteiger charge is -2.28. The van der Waals surface area contributed by atoms with Crippen molar-refractivity contribution in [2.24, 2.45) is 5.92 Å². The first-order valence-corrected chi connectivity index (χ1v) is 8.45. The molecule has 1 aromatic rings. The highest BCUT2D eigenvalue weighted by Gasteiger charge is 2.33. The van der Waals surface area contributed by atoms with Crippen molar-refractivity contribution in [1.82, 2.24) is 10.6 Å². The normalized spacial score (nSPS) is 21.2. The molecule has 0 heterocycles. The Morgan fingerprint density at radius 2 is 1.81 bits per heavy atom. The minimum atomic E-state index is -4.90. The fourth-order valence-corrected chi connectivity index (χ4v) is 3.08. The Labute approximate surface area is 153 Å². The first-order chi connectivity index (χ1) is 12.7. The topological polar surface area (TPSA) is 108 Å². The fourth-order valence-electron chi connectivity index (χ4n) is 3.08. The fraction of sp³-hybridized carbons (Fsp3) is 0.529. The lowest BCUT2D eigenvalue weighted by atomic mass is 9.86. The third kappa shape index (κ3) is 6.31. The Balaban J connectivity index is 1.97. The average Bonchev–Trinajstić information content (AvgIpc) is 2.59. The van der Waals surface area contributed by atoms with Gasteiger partial charge in [-0.1, -0.05) is 18.2 Å². The number of nitrogens with one attached hydrogen (secondary N) is 2. The van der Waals surface area contributed by atoms with Crippen molar-refractivity contribution in [2.75, 3.05) is 6.61 Å². The van der Waals surface area contributed by atoms with Gasteiger partial charge in [0.2, 0.25) is 0 Å². The van der Waals surface area contributed by atoms with Crippen LogP contribution in [-0.4, -0.2) is 41.2 Å². The standard InChI is InChI=1S/C17H21F3N2O5/c18-17(19,20)27-14-4-2-1-3-12(14)13(9-23)22-16(26)21-11-7-5-10(6-8-11)15(24)25/h1-4,10-11,13,23H,5-9H2,(H,24,25)(H2,21,22,26). The van der Waals surface area contributed by atoms with Gasteiger partial charge < -0.3 is 25.6 Å². The molecule has 1 aromatic carbocycles. The number of rotatable bonds is 6. The van der Waals surface area contributed by atoms with Crippen LogP contribution in [0.5, 0.6) is 5.75 Å². The summed E-state index contributed by atoms with van der Waals surface area (Å²) < 4.78 is 41.5. The molecule has 150 valence electrons. The predicted molar refractivity (Wildman–Crippen MR) is 88.0 cm³/mol. The summed E-state index contributed by atoms with van der Waals surface area (Å²) in [6.07, 6.45) is -3.05. The van der Waals surface area contributed by atoms with Gasteiger partial charge in [-0.3, -0.25) is 4.79 Å². The Bertz CT molecular complexity index is 660. The van der Waals surface area contributed by atoms with Gasteiger partial charge in [0, 0.05) is 11.6 Å². The Morgan fingerprint density at radius 3 is 2.37 bits per heavy atom. The number of amides is 2. The number of para-hydroxylation sites is 1. The summed E-state index contributed by atoms with van der Waals surface area (Å²) in [5.74, 6) is -1.80. The lowest BCUT2D eigenvalue weighted by Crippen LogP contribution is -2.46. The Kier molecular flexibility index (Phi) is 6.89. The van der Waals surface area contributed by atoms with E-state index < -0.39 is 42.7 Å². The summed E-state index contributed by atoms with van der Waals surface area (Å²) in [7, 11) is 0. The molecule has 0 aromatic heterocycles. The van der Waals surface area contributed by atoms with Gasteiger partial charge in [-0.05, 0) is 31.7 Å². The van der Waals surface area contributed by atoms with E-state index in [1.54, 1.807) is 0 Å². The van der Waals surface area contributed by atoms with Crippen LogP contribution in [0.25, 0.3) is 0 Å². The Hall–Kier alpha value is -2.49. The summed E-state index contributed by atoms with van der Waals surface area (Å²) in [6, 6.07) is 3.24. The molecule has 7 nitrogen and oxygen atoms in total. The van der Waals surface area contributed by atoms with Crippen LogP contribution in [0.4, 0.5) is 18.0 Å². The van der Waals surface area contributed by atoms with E-state index >= 15 is 0 Å². The van der Waals surface area contributed by atoms with Crippen LogP contribution in [-0.2, 0) is 4.79 Å². The zero-order chi connectivity index (χ0) is 20.0. The number of benzene rings is 1. The maximum Gasteiger partial charge on any atom is 0.573 e. The van der Waals surface area contributed by atoms with Gasteiger partial charge in [-0.15, -0.1) is 13.2 Å². The molecule has 0 aliphatic heterocycles. The van der Waals surface area contributed by atoms with Gasteiger partial charge in [0.05, 0.1) is 18.6 Å². The highest BCUT2D eigenvalue weighted by atomic mass is 19.4.